The summed E-state index contributed by atoms with van der Waals surface area (Å²) in [4.78, 5) is 5.00. The number of amidine groups is 1. The Labute approximate surface area is 59.3 Å². The largest absolute Gasteiger partial charge is 0.494 e. The van der Waals surface area contributed by atoms with E-state index in [9.17, 15) is 0 Å². The Bertz CT molecular complexity index is 142. The molecule has 0 saturated carbocycles. The average molecular weight is 149 g/mol. The van der Waals surface area contributed by atoms with Crippen molar-refractivity contribution in [2.24, 2.45) is 4.99 Å². The Kier molecular flexibility index (Phi) is 3.09. The monoisotopic (exact) mass is 148 g/mol. The van der Waals surface area contributed by atoms with Crippen LogP contribution in [0.5, 0.6) is 0 Å². The molecule has 0 unspecified atom stereocenters. The van der Waals surface area contributed by atoms with Crippen LogP contribution in [0.2, 0.25) is 0 Å². The molecule has 4 heteroatoms. The summed E-state index contributed by atoms with van der Waals surface area (Å²) in [7, 11) is 3.43. The molecule has 9 heavy (non-hydrogen) atoms. The van der Waals surface area contributed by atoms with Gasteiger partial charge in [0.15, 0.2) is 0 Å². The molecule has 0 aliphatic carbocycles. The molecule has 0 spiro atoms. The number of hydrogen-bond donors (Lipinski definition) is 1. The Hall–Kier alpha value is -0.700. The first kappa shape index (κ1) is 8.30. The third-order valence-corrected chi connectivity index (χ3v) is 1.01. The molecular weight excluding hydrogens is 140 g/mol. The fourth-order valence-corrected chi connectivity index (χ4v) is 0.304. The lowest BCUT2D eigenvalue weighted by molar-refractivity contribution is 0.408. The highest BCUT2D eigenvalue weighted by atomic mass is 35.5. The van der Waals surface area contributed by atoms with Crippen LogP contribution in [-0.2, 0) is 0 Å². The second kappa shape index (κ2) is 3.35. The van der Waals surface area contributed by atoms with Gasteiger partial charge in [-0.15, -0.1) is 0 Å². The molecule has 3 nitrogen and oxygen atoms in total. The van der Waals surface area contributed by atoms with E-state index in [1.54, 1.807) is 19.0 Å². The first-order chi connectivity index (χ1) is 4.04. The zero-order valence-electron chi connectivity index (χ0n) is 5.43. The van der Waals surface area contributed by atoms with Crippen LogP contribution in [0.1, 0.15) is 0 Å². The van der Waals surface area contributed by atoms with E-state index in [2.05, 4.69) is 11.6 Å². The highest BCUT2D eigenvalue weighted by Gasteiger charge is 1.94. The lowest BCUT2D eigenvalue weighted by Gasteiger charge is -2.06. The summed E-state index contributed by atoms with van der Waals surface area (Å²) in [5, 5.41) is 8.69. The molecular formula is C5H9ClN2O. The lowest BCUT2D eigenvalue weighted by Crippen LogP contribution is -2.15. The van der Waals surface area contributed by atoms with Crippen molar-refractivity contribution in [3.63, 3.8) is 0 Å². The molecule has 0 heterocycles. The van der Waals surface area contributed by atoms with Gasteiger partial charge in [-0.2, -0.15) is 4.99 Å². The van der Waals surface area contributed by atoms with Gasteiger partial charge in [0, 0.05) is 14.1 Å². The van der Waals surface area contributed by atoms with Crippen molar-refractivity contribution in [2.45, 2.75) is 0 Å². The van der Waals surface area contributed by atoms with E-state index < -0.39 is 0 Å². The van der Waals surface area contributed by atoms with Gasteiger partial charge in [-0.1, -0.05) is 0 Å². The van der Waals surface area contributed by atoms with Crippen molar-refractivity contribution < 1.29 is 5.11 Å². The zero-order chi connectivity index (χ0) is 7.44. The van der Waals surface area contributed by atoms with Crippen molar-refractivity contribution in [2.75, 3.05) is 14.1 Å². The molecule has 0 aliphatic heterocycles. The quantitative estimate of drug-likeness (QED) is 0.262. The van der Waals surface area contributed by atoms with E-state index in [0.29, 0.717) is 0 Å². The first-order valence-corrected chi connectivity index (χ1v) is 2.71. The number of nitrogens with zero attached hydrogens (tertiary/aromatic N) is 2. The highest BCUT2D eigenvalue weighted by molar-refractivity contribution is 6.64. The molecule has 0 aromatic carbocycles. The first-order valence-electron chi connectivity index (χ1n) is 2.33. The number of aliphatic hydroxyl groups excluding tert-OH is 1. The molecule has 1 N–H and O–H groups in total. The predicted octanol–water partition coefficient (Wildman–Crippen LogP) is 1.17. The Morgan fingerprint density at radius 3 is 2.22 bits per heavy atom. The molecule has 0 aromatic heterocycles. The molecule has 52 valence electrons. The maximum absolute atomic E-state index is 8.48. The van der Waals surface area contributed by atoms with Crippen LogP contribution >= 0.6 is 11.6 Å². The van der Waals surface area contributed by atoms with Crippen molar-refractivity contribution in [3.8, 4) is 0 Å². The van der Waals surface area contributed by atoms with Gasteiger partial charge in [0.25, 0.3) is 0 Å². The van der Waals surface area contributed by atoms with E-state index in [1.807, 2.05) is 0 Å². The smallest absolute Gasteiger partial charge is 0.205 e. The summed E-state index contributed by atoms with van der Waals surface area (Å²) in [6, 6.07) is 0. The van der Waals surface area contributed by atoms with Crippen LogP contribution in [0.4, 0.5) is 0 Å². The highest BCUT2D eigenvalue weighted by Crippen LogP contribution is 1.93. The minimum Gasteiger partial charge on any atom is -0.494 e. The topological polar surface area (TPSA) is 35.8 Å². The Morgan fingerprint density at radius 1 is 1.67 bits per heavy atom. The van der Waals surface area contributed by atoms with Gasteiger partial charge in [-0.25, -0.2) is 0 Å². The van der Waals surface area contributed by atoms with Crippen LogP contribution in [0.3, 0.4) is 0 Å². The standard InChI is InChI=1S/C5H9ClN2O/c1-4(9)7-5(6)8(2)3/h9H,1H2,2-3H3. The molecule has 0 amide bonds. The molecule has 0 saturated heterocycles. The van der Waals surface area contributed by atoms with Crippen molar-refractivity contribution in [1.82, 2.24) is 4.90 Å². The Morgan fingerprint density at radius 2 is 2.11 bits per heavy atom. The van der Waals surface area contributed by atoms with E-state index in [-0.39, 0.29) is 11.2 Å². The van der Waals surface area contributed by atoms with Crippen LogP contribution in [0.15, 0.2) is 17.5 Å². The summed E-state index contributed by atoms with van der Waals surface area (Å²) < 4.78 is 0. The third-order valence-electron chi connectivity index (χ3n) is 0.590. The van der Waals surface area contributed by atoms with Gasteiger partial charge in [-0.05, 0) is 18.2 Å². The maximum atomic E-state index is 8.48. The molecule has 0 aromatic rings. The van der Waals surface area contributed by atoms with Crippen LogP contribution in [0, 0.1) is 0 Å². The number of halogens is 1. The maximum Gasteiger partial charge on any atom is 0.205 e. The molecule has 0 aliphatic rings. The molecule has 0 radical (unpaired) electrons. The van der Waals surface area contributed by atoms with E-state index in [0.717, 1.165) is 0 Å². The number of hydrogen-bond acceptors (Lipinski definition) is 2. The average Bonchev–Trinajstić information content (AvgIpc) is 1.63. The zero-order valence-corrected chi connectivity index (χ0v) is 6.18. The van der Waals surface area contributed by atoms with Gasteiger partial charge < -0.3 is 10.0 Å². The summed E-state index contributed by atoms with van der Waals surface area (Å²) in [6.45, 7) is 3.13. The van der Waals surface area contributed by atoms with Gasteiger partial charge in [0.2, 0.25) is 11.2 Å². The van der Waals surface area contributed by atoms with Crippen molar-refractivity contribution >= 4 is 16.9 Å². The predicted molar refractivity (Wildman–Crippen MR) is 38.7 cm³/mol. The van der Waals surface area contributed by atoms with Gasteiger partial charge in [0.05, 0.1) is 0 Å². The van der Waals surface area contributed by atoms with Gasteiger partial charge in [-0.3, -0.25) is 0 Å². The molecule has 0 bridgehead atoms. The fourth-order valence-electron chi connectivity index (χ4n) is 0.206. The van der Waals surface area contributed by atoms with Crippen LogP contribution in [-0.4, -0.2) is 29.4 Å². The minimum absolute atomic E-state index is 0.211. The SMILES string of the molecule is C=C(O)N=C(Cl)N(C)C. The summed E-state index contributed by atoms with van der Waals surface area (Å²) in [5.74, 6) is -0.284. The van der Waals surface area contributed by atoms with Gasteiger partial charge >= 0.3 is 0 Å². The fraction of sp³-hybridized carbons (Fsp3) is 0.400. The van der Waals surface area contributed by atoms with Crippen LogP contribution < -0.4 is 0 Å². The minimum atomic E-state index is -0.284. The third kappa shape index (κ3) is 3.85. The van der Waals surface area contributed by atoms with Gasteiger partial charge in [0.1, 0.15) is 0 Å². The Balaban J connectivity index is 4.00. The second-order valence-electron chi connectivity index (χ2n) is 1.69. The molecule has 0 rings (SSSR count). The van der Waals surface area contributed by atoms with E-state index in [1.165, 1.54) is 0 Å². The lowest BCUT2D eigenvalue weighted by atomic mass is 10.9. The van der Waals surface area contributed by atoms with Crippen molar-refractivity contribution in [3.05, 3.63) is 12.5 Å². The summed E-state index contributed by atoms with van der Waals surface area (Å²) >= 11 is 5.47. The van der Waals surface area contributed by atoms with Crippen molar-refractivity contribution in [1.29, 1.82) is 0 Å². The van der Waals surface area contributed by atoms with E-state index in [4.69, 9.17) is 16.7 Å². The normalized spacial score (nSPS) is 11.2. The molecule has 0 fully saturated rings. The summed E-state index contributed by atoms with van der Waals surface area (Å²) in [6.07, 6.45) is 0. The van der Waals surface area contributed by atoms with Crippen LogP contribution in [0.25, 0.3) is 0 Å². The summed E-state index contributed by atoms with van der Waals surface area (Å²) in [5.41, 5.74) is 0. The van der Waals surface area contributed by atoms with E-state index >= 15 is 0 Å². The number of rotatable bonds is 1. The number of aliphatic imine (C=N–C) groups is 1. The molecule has 0 atom stereocenters. The number of aliphatic hydroxyl groups is 1. The second-order valence-corrected chi connectivity index (χ2v) is 2.03.